The van der Waals surface area contributed by atoms with Gasteiger partial charge in [0.25, 0.3) is 0 Å². The average Bonchev–Trinajstić information content (AvgIpc) is 2.71. The molecule has 1 aromatic heterocycles. The van der Waals surface area contributed by atoms with E-state index in [9.17, 15) is 4.79 Å². The summed E-state index contributed by atoms with van der Waals surface area (Å²) in [6.45, 7) is 3.93. The first kappa shape index (κ1) is 12.0. The second-order valence-electron chi connectivity index (χ2n) is 3.85. The molecule has 0 N–H and O–H groups in total. The van der Waals surface area contributed by atoms with Gasteiger partial charge >= 0.3 is 0 Å². The maximum atomic E-state index is 10.7. The molecule has 0 radical (unpaired) electrons. The number of aryl methyl sites for hydroxylation is 1. The first-order valence-corrected chi connectivity index (χ1v) is 6.13. The topological polar surface area (TPSA) is 47.8 Å². The molecule has 88 valence electrons. The quantitative estimate of drug-likeness (QED) is 0.645. The normalized spacial score (nSPS) is 12.4. The molecule has 4 nitrogen and oxygen atoms in total. The molecular formula is C12H12BrN3O. The Morgan fingerprint density at radius 3 is 2.53 bits per heavy atom. The molecule has 0 aliphatic heterocycles. The lowest BCUT2D eigenvalue weighted by Crippen LogP contribution is -2.00. The van der Waals surface area contributed by atoms with Crippen LogP contribution in [0, 0.1) is 13.8 Å². The van der Waals surface area contributed by atoms with Crippen molar-refractivity contribution in [3.63, 3.8) is 0 Å². The van der Waals surface area contributed by atoms with E-state index < -0.39 is 4.83 Å². The van der Waals surface area contributed by atoms with E-state index in [-0.39, 0.29) is 0 Å². The Labute approximate surface area is 108 Å². The summed E-state index contributed by atoms with van der Waals surface area (Å²) in [5, 5.41) is 8.08. The van der Waals surface area contributed by atoms with E-state index >= 15 is 0 Å². The van der Waals surface area contributed by atoms with Crippen molar-refractivity contribution >= 4 is 22.2 Å². The fourth-order valence-electron chi connectivity index (χ4n) is 1.59. The molecule has 0 saturated heterocycles. The van der Waals surface area contributed by atoms with Gasteiger partial charge in [-0.3, -0.25) is 0 Å². The van der Waals surface area contributed by atoms with Gasteiger partial charge in [-0.25, -0.2) is 4.68 Å². The monoisotopic (exact) mass is 293 g/mol. The fraction of sp³-hybridized carbons (Fsp3) is 0.250. The molecule has 0 unspecified atom stereocenters. The summed E-state index contributed by atoms with van der Waals surface area (Å²) in [5.74, 6) is 0. The molecule has 0 spiro atoms. The van der Waals surface area contributed by atoms with Crippen LogP contribution in [-0.2, 0) is 4.79 Å². The summed E-state index contributed by atoms with van der Waals surface area (Å²) < 4.78 is 1.73. The molecule has 5 heteroatoms. The molecule has 2 aromatic rings. The smallest absolute Gasteiger partial charge is 0.139 e. The van der Waals surface area contributed by atoms with Crippen molar-refractivity contribution in [1.29, 1.82) is 0 Å². The van der Waals surface area contributed by atoms with Crippen LogP contribution in [0.4, 0.5) is 0 Å². The summed E-state index contributed by atoms with van der Waals surface area (Å²) in [4.78, 5) is 10.3. The average molecular weight is 294 g/mol. The van der Waals surface area contributed by atoms with Crippen molar-refractivity contribution < 1.29 is 4.79 Å². The SMILES string of the molecule is Cc1ccc(-n2nnc([C@H](Br)C=O)c2C)cc1. The van der Waals surface area contributed by atoms with Crippen molar-refractivity contribution in [2.24, 2.45) is 0 Å². The summed E-state index contributed by atoms with van der Waals surface area (Å²) in [6, 6.07) is 7.98. The lowest BCUT2D eigenvalue weighted by atomic mass is 10.2. The van der Waals surface area contributed by atoms with E-state index in [1.54, 1.807) is 4.68 Å². The van der Waals surface area contributed by atoms with Crippen molar-refractivity contribution in [2.45, 2.75) is 18.7 Å². The molecule has 0 aliphatic rings. The molecule has 0 amide bonds. The lowest BCUT2D eigenvalue weighted by molar-refractivity contribution is -0.107. The number of benzene rings is 1. The number of rotatable bonds is 3. The predicted molar refractivity (Wildman–Crippen MR) is 68.6 cm³/mol. The minimum absolute atomic E-state index is 0.401. The van der Waals surface area contributed by atoms with Crippen LogP contribution in [0.15, 0.2) is 24.3 Å². The van der Waals surface area contributed by atoms with Crippen LogP contribution in [0.5, 0.6) is 0 Å². The molecule has 1 aromatic carbocycles. The first-order valence-electron chi connectivity index (χ1n) is 5.22. The summed E-state index contributed by atoms with van der Waals surface area (Å²) >= 11 is 3.25. The molecule has 0 bridgehead atoms. The Balaban J connectivity index is 2.43. The lowest BCUT2D eigenvalue weighted by Gasteiger charge is -2.04. The van der Waals surface area contributed by atoms with Crippen LogP contribution >= 0.6 is 15.9 Å². The third-order valence-electron chi connectivity index (χ3n) is 2.59. The highest BCUT2D eigenvalue weighted by molar-refractivity contribution is 9.09. The molecule has 17 heavy (non-hydrogen) atoms. The zero-order valence-electron chi connectivity index (χ0n) is 9.59. The number of hydrogen-bond donors (Lipinski definition) is 0. The van der Waals surface area contributed by atoms with Gasteiger partial charge in [-0.05, 0) is 26.0 Å². The van der Waals surface area contributed by atoms with Crippen LogP contribution in [0.25, 0.3) is 5.69 Å². The van der Waals surface area contributed by atoms with Gasteiger partial charge in [0.1, 0.15) is 16.8 Å². The van der Waals surface area contributed by atoms with Crippen LogP contribution < -0.4 is 0 Å². The maximum Gasteiger partial charge on any atom is 0.139 e. The number of halogens is 1. The molecule has 2 rings (SSSR count). The van der Waals surface area contributed by atoms with Gasteiger partial charge in [-0.2, -0.15) is 0 Å². The number of aldehydes is 1. The van der Waals surface area contributed by atoms with Crippen LogP contribution in [-0.4, -0.2) is 21.3 Å². The van der Waals surface area contributed by atoms with Gasteiger partial charge in [-0.1, -0.05) is 38.8 Å². The summed E-state index contributed by atoms with van der Waals surface area (Å²) in [6.07, 6.45) is 0.802. The molecule has 0 saturated carbocycles. The maximum absolute atomic E-state index is 10.7. The number of alkyl halides is 1. The third kappa shape index (κ3) is 2.29. The highest BCUT2D eigenvalue weighted by Gasteiger charge is 2.16. The second-order valence-corrected chi connectivity index (χ2v) is 4.83. The summed E-state index contributed by atoms with van der Waals surface area (Å²) in [7, 11) is 0. The van der Waals surface area contributed by atoms with E-state index in [4.69, 9.17) is 0 Å². The van der Waals surface area contributed by atoms with E-state index in [1.807, 2.05) is 38.1 Å². The van der Waals surface area contributed by atoms with Crippen LogP contribution in [0.2, 0.25) is 0 Å². The highest BCUT2D eigenvalue weighted by Crippen LogP contribution is 2.22. The Morgan fingerprint density at radius 1 is 1.29 bits per heavy atom. The molecule has 0 fully saturated rings. The van der Waals surface area contributed by atoms with Crippen molar-refractivity contribution in [1.82, 2.24) is 15.0 Å². The van der Waals surface area contributed by atoms with Crippen molar-refractivity contribution in [2.75, 3.05) is 0 Å². The number of aromatic nitrogens is 3. The fourth-order valence-corrected chi connectivity index (χ4v) is 2.01. The Kier molecular flexibility index (Phi) is 3.38. The number of hydrogen-bond acceptors (Lipinski definition) is 3. The van der Waals surface area contributed by atoms with Crippen LogP contribution in [0.1, 0.15) is 21.8 Å². The van der Waals surface area contributed by atoms with Gasteiger partial charge in [0.15, 0.2) is 0 Å². The molecule has 0 aliphatic carbocycles. The molecular weight excluding hydrogens is 282 g/mol. The Bertz CT molecular complexity index is 533. The molecule has 1 heterocycles. The molecule has 1 atom stereocenters. The largest absolute Gasteiger partial charge is 0.302 e. The highest BCUT2D eigenvalue weighted by atomic mass is 79.9. The van der Waals surface area contributed by atoms with Crippen molar-refractivity contribution in [3.05, 3.63) is 41.2 Å². The predicted octanol–water partition coefficient (Wildman–Crippen LogP) is 2.52. The van der Waals surface area contributed by atoms with Gasteiger partial charge in [0.2, 0.25) is 0 Å². The number of nitrogens with zero attached hydrogens (tertiary/aromatic N) is 3. The zero-order chi connectivity index (χ0) is 12.4. The van der Waals surface area contributed by atoms with Gasteiger partial charge in [0, 0.05) is 0 Å². The van der Waals surface area contributed by atoms with Crippen molar-refractivity contribution in [3.8, 4) is 5.69 Å². The number of carbonyl (C=O) groups excluding carboxylic acids is 1. The summed E-state index contributed by atoms with van der Waals surface area (Å²) in [5.41, 5.74) is 3.65. The van der Waals surface area contributed by atoms with E-state index in [0.29, 0.717) is 5.69 Å². The van der Waals surface area contributed by atoms with Crippen LogP contribution in [0.3, 0.4) is 0 Å². The number of carbonyl (C=O) groups is 1. The third-order valence-corrected chi connectivity index (χ3v) is 3.24. The Morgan fingerprint density at radius 2 is 1.94 bits per heavy atom. The van der Waals surface area contributed by atoms with Gasteiger partial charge in [-0.15, -0.1) is 5.10 Å². The first-order chi connectivity index (χ1) is 8.13. The van der Waals surface area contributed by atoms with Gasteiger partial charge < -0.3 is 4.79 Å². The zero-order valence-corrected chi connectivity index (χ0v) is 11.2. The van der Waals surface area contributed by atoms with E-state index in [0.717, 1.165) is 17.7 Å². The standard InChI is InChI=1S/C12H12BrN3O/c1-8-3-5-10(6-4-8)16-9(2)12(14-15-16)11(13)7-17/h3-7,11H,1-2H3/t11-/m1/s1. The second kappa shape index (κ2) is 4.79. The van der Waals surface area contributed by atoms with E-state index in [2.05, 4.69) is 26.2 Å². The Hall–Kier alpha value is -1.49. The minimum Gasteiger partial charge on any atom is -0.302 e. The van der Waals surface area contributed by atoms with Gasteiger partial charge in [0.05, 0.1) is 11.4 Å². The minimum atomic E-state index is -0.401. The van der Waals surface area contributed by atoms with E-state index in [1.165, 1.54) is 5.56 Å².